The van der Waals surface area contributed by atoms with Crippen molar-refractivity contribution in [2.45, 2.75) is 12.6 Å². The Bertz CT molecular complexity index is 951. The maximum atomic E-state index is 15.0. The van der Waals surface area contributed by atoms with Crippen LogP contribution in [0.25, 0.3) is 0 Å². The van der Waals surface area contributed by atoms with Crippen LogP contribution in [0.2, 0.25) is 0 Å². The Kier molecular flexibility index (Phi) is 8.25. The van der Waals surface area contributed by atoms with Gasteiger partial charge in [0.05, 0.1) is 30.2 Å². The molecular weight excluding hydrogens is 522 g/mol. The first-order valence-corrected chi connectivity index (χ1v) is 10.9. The minimum atomic E-state index is -2.38. The summed E-state index contributed by atoms with van der Waals surface area (Å²) in [6.07, 6.45) is 1.34. The van der Waals surface area contributed by atoms with Crippen molar-refractivity contribution in [3.63, 3.8) is 0 Å². The molecule has 0 aliphatic carbocycles. The third kappa shape index (κ3) is 4.95. The minimum absolute atomic E-state index is 0.186. The molecule has 0 fully saturated rings. The van der Waals surface area contributed by atoms with Crippen LogP contribution < -0.4 is 16.5 Å². The van der Waals surface area contributed by atoms with E-state index >= 15 is 0 Å². The van der Waals surface area contributed by atoms with E-state index in [-0.39, 0.29) is 12.3 Å². The number of carbonyl (C=O) groups is 2. The lowest BCUT2D eigenvalue weighted by molar-refractivity contribution is -0.139. The number of hydrogen-bond donors (Lipinski definition) is 4. The number of nitrogens with one attached hydrogen (secondary N) is 2. The Morgan fingerprint density at radius 1 is 1.30 bits per heavy atom. The van der Waals surface area contributed by atoms with Gasteiger partial charge >= 0.3 is 0 Å². The number of carbonyl (C=O) groups excluding carboxylic acids is 2. The number of halogens is 4. The molecule has 8 nitrogen and oxygen atoms in total. The van der Waals surface area contributed by atoms with Crippen LogP contribution in [0.4, 0.5) is 18.9 Å². The number of hydroxylamine groups is 1. The summed E-state index contributed by atoms with van der Waals surface area (Å²) in [5, 5.41) is 11.1. The summed E-state index contributed by atoms with van der Waals surface area (Å²) in [6.45, 7) is 0.303. The number of aliphatic hydroxyl groups excluding tert-OH is 1. The van der Waals surface area contributed by atoms with Gasteiger partial charge in [0.1, 0.15) is 0 Å². The highest BCUT2D eigenvalue weighted by atomic mass is 127. The molecule has 1 aliphatic rings. The van der Waals surface area contributed by atoms with Gasteiger partial charge in [-0.15, -0.1) is 0 Å². The van der Waals surface area contributed by atoms with Gasteiger partial charge in [-0.25, -0.2) is 18.7 Å². The van der Waals surface area contributed by atoms with Crippen molar-refractivity contribution in [3.05, 3.63) is 50.5 Å². The van der Waals surface area contributed by atoms with Crippen LogP contribution in [0.1, 0.15) is 22.8 Å². The molecule has 0 saturated heterocycles. The van der Waals surface area contributed by atoms with Gasteiger partial charge in [-0.2, -0.15) is 0 Å². The second-order valence-electron chi connectivity index (χ2n) is 5.89. The summed E-state index contributed by atoms with van der Waals surface area (Å²) >= 11 is -0.645. The zero-order valence-corrected chi connectivity index (χ0v) is 18.1. The molecule has 1 unspecified atom stereocenters. The van der Waals surface area contributed by atoms with E-state index < -0.39 is 79.0 Å². The first-order valence-electron chi connectivity index (χ1n) is 8.36. The van der Waals surface area contributed by atoms with Gasteiger partial charge in [0, 0.05) is 16.7 Å². The molecule has 1 amide bonds. The molecule has 0 bridgehead atoms. The normalized spacial score (nSPS) is 15.4. The summed E-state index contributed by atoms with van der Waals surface area (Å²) in [5.74, 6) is -5.74. The minimum Gasteiger partial charge on any atom is -0.394 e. The fourth-order valence-electron chi connectivity index (χ4n) is 2.42. The number of methoxy groups -OCH3 is 1. The van der Waals surface area contributed by atoms with Crippen LogP contribution in [0.5, 0.6) is 0 Å². The van der Waals surface area contributed by atoms with Crippen molar-refractivity contribution in [3.8, 4) is 0 Å². The van der Waals surface area contributed by atoms with Crippen molar-refractivity contribution in [1.82, 2.24) is 5.48 Å². The molecule has 1 heterocycles. The number of ether oxygens (including phenoxy) is 1. The van der Waals surface area contributed by atoms with Gasteiger partial charge in [-0.3, -0.25) is 20.2 Å². The Hall–Kier alpha value is -2.13. The summed E-state index contributed by atoms with van der Waals surface area (Å²) < 4.78 is 51.8. The average Bonchev–Trinajstić information content (AvgIpc) is 2.72. The van der Waals surface area contributed by atoms with Crippen LogP contribution in [0.15, 0.2) is 27.7 Å². The van der Waals surface area contributed by atoms with E-state index in [0.29, 0.717) is 0 Å². The summed E-state index contributed by atoms with van der Waals surface area (Å²) in [7, 11) is 1.01. The van der Waals surface area contributed by atoms with E-state index in [1.165, 1.54) is 10.1 Å². The first kappa shape index (κ1) is 24.1. The second kappa shape index (κ2) is 10.3. The maximum absolute atomic E-state index is 15.0. The van der Waals surface area contributed by atoms with E-state index in [1.54, 1.807) is 4.08 Å². The van der Waals surface area contributed by atoms with E-state index in [1.807, 2.05) is 5.48 Å². The van der Waals surface area contributed by atoms with E-state index in [4.69, 9.17) is 20.4 Å². The lowest BCUT2D eigenvalue weighted by Gasteiger charge is -2.27. The maximum Gasteiger partial charge on any atom is 0.277 e. The molecule has 2 rings (SSSR count). The molecule has 0 spiro atoms. The van der Waals surface area contributed by atoms with Crippen LogP contribution in [-0.4, -0.2) is 41.1 Å². The number of hydrogen-bond acceptors (Lipinski definition) is 7. The highest BCUT2D eigenvalue weighted by Gasteiger charge is 2.39. The number of anilines is 1. The van der Waals surface area contributed by atoms with E-state index in [0.717, 1.165) is 20.1 Å². The molecule has 0 radical (unpaired) electrons. The highest BCUT2D eigenvalue weighted by molar-refractivity contribution is 14.2. The number of ketones is 1. The van der Waals surface area contributed by atoms with Crippen LogP contribution >= 0.6 is 20.7 Å². The Morgan fingerprint density at radius 3 is 2.57 bits per heavy atom. The number of aliphatic hydroxyl groups is 1. The third-order valence-electron chi connectivity index (χ3n) is 4.03. The van der Waals surface area contributed by atoms with E-state index in [2.05, 4.69) is 5.32 Å². The second-order valence-corrected chi connectivity index (χ2v) is 7.95. The molecule has 1 aliphatic heterocycles. The predicted molar refractivity (Wildman–Crippen MR) is 111 cm³/mol. The molecule has 164 valence electrons. The molecular formula is C18H19F3IN3O5. The predicted octanol–water partition coefficient (Wildman–Crippen LogP) is 1.86. The van der Waals surface area contributed by atoms with Crippen molar-refractivity contribution in [2.24, 2.45) is 5.73 Å². The van der Waals surface area contributed by atoms with Crippen LogP contribution in [-0.2, 0) is 20.1 Å². The third-order valence-corrected chi connectivity index (χ3v) is 5.71. The van der Waals surface area contributed by atoms with Gasteiger partial charge in [0.2, 0.25) is 5.72 Å². The molecule has 0 saturated carbocycles. The number of benzene rings is 1. The average molecular weight is 541 g/mol. The number of rotatable bonds is 9. The lowest BCUT2D eigenvalue weighted by atomic mass is 9.95. The van der Waals surface area contributed by atoms with Crippen LogP contribution in [0.3, 0.4) is 0 Å². The van der Waals surface area contributed by atoms with Gasteiger partial charge in [0.25, 0.3) is 5.91 Å². The monoisotopic (exact) mass is 541 g/mol. The zero-order chi connectivity index (χ0) is 22.5. The Labute approximate surface area is 179 Å². The number of amides is 1. The lowest BCUT2D eigenvalue weighted by Crippen LogP contribution is -2.46. The largest absolute Gasteiger partial charge is 0.394 e. The topological polar surface area (TPSA) is 123 Å². The molecule has 30 heavy (non-hydrogen) atoms. The fraction of sp³-hybridized carbons (Fsp3) is 0.278. The van der Waals surface area contributed by atoms with Crippen molar-refractivity contribution in [2.75, 3.05) is 25.6 Å². The van der Waals surface area contributed by atoms with Gasteiger partial charge in [0.15, 0.2) is 23.2 Å². The molecule has 12 heteroatoms. The Balaban J connectivity index is 2.66. The van der Waals surface area contributed by atoms with Gasteiger partial charge < -0.3 is 15.2 Å². The van der Waals surface area contributed by atoms with E-state index in [9.17, 15) is 22.8 Å². The molecule has 5 N–H and O–H groups in total. The van der Waals surface area contributed by atoms with Crippen molar-refractivity contribution in [1.29, 1.82) is 0 Å². The Morgan fingerprint density at radius 2 is 2.00 bits per heavy atom. The van der Waals surface area contributed by atoms with Gasteiger partial charge in [-0.05, 0) is 23.1 Å². The van der Waals surface area contributed by atoms with Crippen molar-refractivity contribution < 1.29 is 37.4 Å². The quantitative estimate of drug-likeness (QED) is 0.163. The molecule has 1 aromatic carbocycles. The number of allylic oxidation sites excluding steroid dienone is 2. The molecule has 0 aromatic heterocycles. The van der Waals surface area contributed by atoms with Crippen molar-refractivity contribution >= 4 is 42.1 Å². The standard InChI is InChI=1S/C18H19F3IN3O5/c1-9(27)18(23,29-2)11-7-10(17(28)25-30-6-5-26)16(15(21)14(11)20)24-13-3-4-22-8-12(13)19/h3-4,7-8,24,26H,5-6,23H2,1-2H3,(H,25,28). The summed E-state index contributed by atoms with van der Waals surface area (Å²) in [4.78, 5) is 29.2. The van der Waals surface area contributed by atoms with Gasteiger partial charge in [-0.1, -0.05) is 20.7 Å². The zero-order valence-electron chi connectivity index (χ0n) is 15.9. The fourth-order valence-corrected chi connectivity index (χ4v) is 3.85. The smallest absolute Gasteiger partial charge is 0.277 e. The molecule has 1 atom stereocenters. The summed E-state index contributed by atoms with van der Waals surface area (Å²) in [6, 6.07) is 0.810. The molecule has 1 aromatic rings. The first-order chi connectivity index (χ1) is 14.2. The SMILES string of the molecule is COC(N)(C(C)=O)c1cc(C(=O)NOCCO)c(NC2=C(F)C=IC=C2)c(F)c1F. The highest BCUT2D eigenvalue weighted by Crippen LogP contribution is 2.33. The van der Waals surface area contributed by atoms with Crippen LogP contribution in [0, 0.1) is 11.6 Å². The summed E-state index contributed by atoms with van der Waals surface area (Å²) in [5.41, 5.74) is 3.20. The number of nitrogens with two attached hydrogens (primary N) is 1. The number of Topliss-reactive ketones (excluding diaryl/α,β-unsaturated/α-hetero) is 1.